The molecule has 0 aliphatic heterocycles. The zero-order valence-electron chi connectivity index (χ0n) is 11.6. The summed E-state index contributed by atoms with van der Waals surface area (Å²) in [6, 6.07) is 3.56. The molecule has 1 saturated carbocycles. The van der Waals surface area contributed by atoms with Gasteiger partial charge in [-0.1, -0.05) is 12.8 Å². The Morgan fingerprint density at radius 2 is 1.85 bits per heavy atom. The summed E-state index contributed by atoms with van der Waals surface area (Å²) in [5.74, 6) is -1.97. The molecule has 108 valence electrons. The number of carbonyl (C=O) groups is 2. The van der Waals surface area contributed by atoms with Gasteiger partial charge in [-0.25, -0.2) is 0 Å². The molecule has 1 aliphatic carbocycles. The number of amides is 1. The quantitative estimate of drug-likeness (QED) is 0.883. The predicted octanol–water partition coefficient (Wildman–Crippen LogP) is 2.15. The van der Waals surface area contributed by atoms with E-state index in [1.165, 1.54) is 0 Å². The number of hydrogen-bond acceptors (Lipinski definition) is 3. The van der Waals surface area contributed by atoms with Gasteiger partial charge >= 0.3 is 5.97 Å². The van der Waals surface area contributed by atoms with Gasteiger partial charge in [0.2, 0.25) is 5.91 Å². The van der Waals surface area contributed by atoms with Crippen LogP contribution in [0.15, 0.2) is 24.5 Å². The Morgan fingerprint density at radius 3 is 2.45 bits per heavy atom. The maximum atomic E-state index is 12.3. The average Bonchev–Trinajstić information content (AvgIpc) is 2.48. The summed E-state index contributed by atoms with van der Waals surface area (Å²) in [5, 5.41) is 12.1. The summed E-state index contributed by atoms with van der Waals surface area (Å²) >= 11 is 0. The van der Waals surface area contributed by atoms with Crippen LogP contribution in [0, 0.1) is 11.8 Å². The van der Waals surface area contributed by atoms with Crippen LogP contribution in [0.5, 0.6) is 0 Å². The SMILES string of the molecule is C[C@H](NC(=O)[C@H]1CCCC[C@@H]1C(=O)O)c1ccncc1. The number of carboxylic acids is 1. The summed E-state index contributed by atoms with van der Waals surface area (Å²) in [5.41, 5.74) is 0.969. The van der Waals surface area contributed by atoms with Gasteiger partial charge in [-0.05, 0) is 37.5 Å². The second-order valence-corrected chi connectivity index (χ2v) is 5.35. The molecule has 1 amide bonds. The van der Waals surface area contributed by atoms with Gasteiger partial charge in [-0.15, -0.1) is 0 Å². The average molecular weight is 276 g/mol. The lowest BCUT2D eigenvalue weighted by atomic mass is 9.78. The van der Waals surface area contributed by atoms with Gasteiger partial charge in [0, 0.05) is 12.4 Å². The first-order valence-electron chi connectivity index (χ1n) is 7.02. The zero-order chi connectivity index (χ0) is 14.5. The highest BCUT2D eigenvalue weighted by Gasteiger charge is 2.36. The Balaban J connectivity index is 2.01. The minimum absolute atomic E-state index is 0.137. The number of nitrogens with one attached hydrogen (secondary N) is 1. The molecule has 1 aromatic heterocycles. The number of pyridine rings is 1. The first-order chi connectivity index (χ1) is 9.59. The third kappa shape index (κ3) is 3.35. The van der Waals surface area contributed by atoms with Crippen molar-refractivity contribution in [2.75, 3.05) is 0 Å². The molecule has 1 aliphatic rings. The number of carbonyl (C=O) groups excluding carboxylic acids is 1. The van der Waals surface area contributed by atoms with E-state index >= 15 is 0 Å². The molecule has 0 bridgehead atoms. The summed E-state index contributed by atoms with van der Waals surface area (Å²) in [6.07, 6.45) is 6.42. The van der Waals surface area contributed by atoms with Crippen LogP contribution in [-0.2, 0) is 9.59 Å². The maximum Gasteiger partial charge on any atom is 0.307 e. The van der Waals surface area contributed by atoms with Crippen molar-refractivity contribution >= 4 is 11.9 Å². The third-order valence-corrected chi connectivity index (χ3v) is 3.98. The van der Waals surface area contributed by atoms with Crippen molar-refractivity contribution < 1.29 is 14.7 Å². The number of aromatic nitrogens is 1. The molecule has 0 saturated heterocycles. The minimum Gasteiger partial charge on any atom is -0.481 e. The van der Waals surface area contributed by atoms with Gasteiger partial charge in [0.05, 0.1) is 17.9 Å². The number of nitrogens with zero attached hydrogens (tertiary/aromatic N) is 1. The van der Waals surface area contributed by atoms with Gasteiger partial charge in [-0.2, -0.15) is 0 Å². The third-order valence-electron chi connectivity index (χ3n) is 3.98. The molecule has 0 unspecified atom stereocenters. The van der Waals surface area contributed by atoms with Crippen molar-refractivity contribution in [1.29, 1.82) is 0 Å². The van der Waals surface area contributed by atoms with Crippen LogP contribution in [-0.4, -0.2) is 22.0 Å². The maximum absolute atomic E-state index is 12.3. The molecule has 0 radical (unpaired) electrons. The highest BCUT2D eigenvalue weighted by atomic mass is 16.4. The van der Waals surface area contributed by atoms with E-state index in [4.69, 9.17) is 0 Å². The largest absolute Gasteiger partial charge is 0.481 e. The molecule has 5 heteroatoms. The Morgan fingerprint density at radius 1 is 1.25 bits per heavy atom. The lowest BCUT2D eigenvalue weighted by molar-refractivity contribution is -0.149. The molecule has 3 atom stereocenters. The van der Waals surface area contributed by atoms with E-state index < -0.39 is 17.8 Å². The second-order valence-electron chi connectivity index (χ2n) is 5.35. The van der Waals surface area contributed by atoms with Gasteiger partial charge in [-0.3, -0.25) is 14.6 Å². The van der Waals surface area contributed by atoms with Crippen LogP contribution in [0.2, 0.25) is 0 Å². The van der Waals surface area contributed by atoms with Crippen LogP contribution in [0.4, 0.5) is 0 Å². The van der Waals surface area contributed by atoms with E-state index in [1.807, 2.05) is 19.1 Å². The monoisotopic (exact) mass is 276 g/mol. The van der Waals surface area contributed by atoms with Crippen molar-refractivity contribution in [1.82, 2.24) is 10.3 Å². The van der Waals surface area contributed by atoms with Gasteiger partial charge in [0.1, 0.15) is 0 Å². The first kappa shape index (κ1) is 14.5. The van der Waals surface area contributed by atoms with Crippen LogP contribution in [0.1, 0.15) is 44.2 Å². The number of rotatable bonds is 4. The Hall–Kier alpha value is -1.91. The van der Waals surface area contributed by atoms with E-state index in [9.17, 15) is 14.7 Å². The van der Waals surface area contributed by atoms with Crippen LogP contribution < -0.4 is 5.32 Å². The molecule has 5 nitrogen and oxygen atoms in total. The highest BCUT2D eigenvalue weighted by molar-refractivity contribution is 5.85. The molecule has 1 heterocycles. The van der Waals surface area contributed by atoms with E-state index in [-0.39, 0.29) is 11.9 Å². The Labute approximate surface area is 118 Å². The lowest BCUT2D eigenvalue weighted by Gasteiger charge is -2.28. The zero-order valence-corrected chi connectivity index (χ0v) is 11.6. The number of aliphatic carboxylic acids is 1. The molecule has 20 heavy (non-hydrogen) atoms. The Kier molecular flexibility index (Phi) is 4.71. The summed E-state index contributed by atoms with van der Waals surface area (Å²) in [7, 11) is 0. The van der Waals surface area contributed by atoms with Gasteiger partial charge in [0.15, 0.2) is 0 Å². The molecule has 1 fully saturated rings. The molecular formula is C15H20N2O3. The first-order valence-corrected chi connectivity index (χ1v) is 7.02. The van der Waals surface area contributed by atoms with Gasteiger partial charge in [0.25, 0.3) is 0 Å². The van der Waals surface area contributed by atoms with Crippen LogP contribution in [0.25, 0.3) is 0 Å². The number of hydrogen-bond donors (Lipinski definition) is 2. The molecule has 0 aromatic carbocycles. The standard InChI is InChI=1S/C15H20N2O3/c1-10(11-6-8-16-9-7-11)17-14(18)12-4-2-3-5-13(12)15(19)20/h6-10,12-13H,2-5H2,1H3,(H,17,18)(H,19,20)/t10-,12-,13-/m0/s1. The fourth-order valence-electron chi connectivity index (χ4n) is 2.80. The molecule has 2 N–H and O–H groups in total. The predicted molar refractivity (Wildman–Crippen MR) is 73.9 cm³/mol. The van der Waals surface area contributed by atoms with E-state index in [1.54, 1.807) is 12.4 Å². The summed E-state index contributed by atoms with van der Waals surface area (Å²) < 4.78 is 0. The van der Waals surface area contributed by atoms with Crippen molar-refractivity contribution in [3.63, 3.8) is 0 Å². The number of carboxylic acid groups (broad SMARTS) is 1. The van der Waals surface area contributed by atoms with Crippen molar-refractivity contribution in [2.45, 2.75) is 38.6 Å². The minimum atomic E-state index is -0.860. The summed E-state index contributed by atoms with van der Waals surface area (Å²) in [6.45, 7) is 1.89. The fraction of sp³-hybridized carbons (Fsp3) is 0.533. The molecular weight excluding hydrogens is 256 g/mol. The normalized spacial score (nSPS) is 23.9. The molecule has 2 rings (SSSR count). The van der Waals surface area contributed by atoms with Crippen molar-refractivity contribution in [3.05, 3.63) is 30.1 Å². The lowest BCUT2D eigenvalue weighted by Crippen LogP contribution is -2.40. The summed E-state index contributed by atoms with van der Waals surface area (Å²) in [4.78, 5) is 27.5. The van der Waals surface area contributed by atoms with Crippen molar-refractivity contribution in [2.24, 2.45) is 11.8 Å². The molecule has 1 aromatic rings. The van der Waals surface area contributed by atoms with E-state index in [2.05, 4.69) is 10.3 Å². The topological polar surface area (TPSA) is 79.3 Å². The molecule has 0 spiro atoms. The highest BCUT2D eigenvalue weighted by Crippen LogP contribution is 2.31. The van der Waals surface area contributed by atoms with E-state index in [0.29, 0.717) is 12.8 Å². The fourth-order valence-corrected chi connectivity index (χ4v) is 2.80. The van der Waals surface area contributed by atoms with Crippen LogP contribution in [0.3, 0.4) is 0 Å². The Bertz CT molecular complexity index is 475. The van der Waals surface area contributed by atoms with Crippen molar-refractivity contribution in [3.8, 4) is 0 Å². The van der Waals surface area contributed by atoms with E-state index in [0.717, 1.165) is 18.4 Å². The second kappa shape index (κ2) is 6.50. The van der Waals surface area contributed by atoms with Crippen LogP contribution >= 0.6 is 0 Å². The van der Waals surface area contributed by atoms with Gasteiger partial charge < -0.3 is 10.4 Å². The smallest absolute Gasteiger partial charge is 0.307 e.